The number of aromatic nitrogens is 3. The minimum Gasteiger partial charge on any atom is -0.277 e. The maximum atomic E-state index is 5.31. The number of para-hydroxylation sites is 5. The Kier molecular flexibility index (Phi) is 5.24. The molecule has 39 heavy (non-hydrogen) atoms. The molecule has 186 valence electrons. The average Bonchev–Trinajstić information content (AvgIpc) is 3.43. The minimum absolute atomic E-state index is 0.627. The van der Waals surface area contributed by atoms with Crippen molar-refractivity contribution in [3.63, 3.8) is 0 Å². The molecule has 0 atom stereocenters. The molecular formula is C32H21N5S2. The van der Waals surface area contributed by atoms with E-state index in [9.17, 15) is 0 Å². The summed E-state index contributed by atoms with van der Waals surface area (Å²) in [7, 11) is 0. The standard InChI is InChI=1S/C32H21N5S2/c1-2-12-22(13-3-1)37-32(36-25-16-6-10-20-29(25)39-30-21-11-7-17-26(30)36)33-31(34-37)35-23-14-4-8-18-27(23)38-28-19-9-5-15-24(28)35/h1-21H. The second kappa shape index (κ2) is 9.08. The summed E-state index contributed by atoms with van der Waals surface area (Å²) in [5.74, 6) is 1.37. The lowest BCUT2D eigenvalue weighted by atomic mass is 10.2. The molecule has 0 saturated carbocycles. The molecule has 2 aliphatic heterocycles. The number of rotatable bonds is 3. The molecule has 1 aromatic heterocycles. The summed E-state index contributed by atoms with van der Waals surface area (Å²) in [5, 5.41) is 5.20. The Bertz CT molecular complexity index is 1760. The molecule has 0 spiro atoms. The number of hydrogen-bond acceptors (Lipinski definition) is 6. The third-order valence-corrected chi connectivity index (χ3v) is 9.10. The molecule has 8 rings (SSSR count). The average molecular weight is 540 g/mol. The second-order valence-electron chi connectivity index (χ2n) is 9.20. The van der Waals surface area contributed by atoms with Crippen molar-refractivity contribution in [3.05, 3.63) is 127 Å². The highest BCUT2D eigenvalue weighted by atomic mass is 32.2. The Morgan fingerprint density at radius 1 is 0.436 bits per heavy atom. The van der Waals surface area contributed by atoms with Crippen molar-refractivity contribution in [2.45, 2.75) is 19.6 Å². The van der Waals surface area contributed by atoms with E-state index in [0.29, 0.717) is 5.95 Å². The van der Waals surface area contributed by atoms with Gasteiger partial charge in [0.15, 0.2) is 0 Å². The predicted octanol–water partition coefficient (Wildman–Crippen LogP) is 9.14. The topological polar surface area (TPSA) is 37.2 Å². The molecule has 5 aromatic carbocycles. The van der Waals surface area contributed by atoms with Crippen molar-refractivity contribution >= 4 is 58.2 Å². The molecule has 0 saturated heterocycles. The first-order chi connectivity index (χ1) is 19.3. The fraction of sp³-hybridized carbons (Fsp3) is 0. The predicted molar refractivity (Wildman–Crippen MR) is 159 cm³/mol. The Hall–Kier alpha value is -4.46. The van der Waals surface area contributed by atoms with Gasteiger partial charge in [0.05, 0.1) is 28.4 Å². The van der Waals surface area contributed by atoms with E-state index < -0.39 is 0 Å². The van der Waals surface area contributed by atoms with Gasteiger partial charge in [0.25, 0.3) is 5.95 Å². The van der Waals surface area contributed by atoms with Gasteiger partial charge in [-0.05, 0) is 60.7 Å². The molecular weight excluding hydrogens is 519 g/mol. The van der Waals surface area contributed by atoms with Crippen molar-refractivity contribution in [2.24, 2.45) is 0 Å². The van der Waals surface area contributed by atoms with Gasteiger partial charge in [-0.15, -0.1) is 5.10 Å². The third kappa shape index (κ3) is 3.66. The Labute approximate surface area is 234 Å². The van der Waals surface area contributed by atoms with Gasteiger partial charge in [-0.1, -0.05) is 90.3 Å². The molecule has 0 N–H and O–H groups in total. The van der Waals surface area contributed by atoms with Gasteiger partial charge in [0.1, 0.15) is 0 Å². The van der Waals surface area contributed by atoms with Crippen LogP contribution in [0, 0.1) is 0 Å². The fourth-order valence-corrected chi connectivity index (χ4v) is 7.23. The third-order valence-electron chi connectivity index (χ3n) is 6.84. The van der Waals surface area contributed by atoms with Crippen LogP contribution in [0.15, 0.2) is 147 Å². The molecule has 0 bridgehead atoms. The molecule has 2 aliphatic rings. The lowest BCUT2D eigenvalue weighted by Crippen LogP contribution is -2.19. The first-order valence-corrected chi connectivity index (χ1v) is 14.3. The van der Waals surface area contributed by atoms with Gasteiger partial charge in [0, 0.05) is 19.6 Å². The molecule has 0 radical (unpaired) electrons. The number of fused-ring (bicyclic) bond motifs is 4. The van der Waals surface area contributed by atoms with E-state index in [4.69, 9.17) is 10.1 Å². The molecule has 0 amide bonds. The van der Waals surface area contributed by atoms with Gasteiger partial charge in [-0.2, -0.15) is 9.67 Å². The molecule has 5 nitrogen and oxygen atoms in total. The van der Waals surface area contributed by atoms with Crippen molar-refractivity contribution in [1.29, 1.82) is 0 Å². The van der Waals surface area contributed by atoms with Crippen LogP contribution in [0.2, 0.25) is 0 Å². The number of benzene rings is 5. The van der Waals surface area contributed by atoms with Crippen LogP contribution < -0.4 is 9.80 Å². The minimum atomic E-state index is 0.627. The van der Waals surface area contributed by atoms with E-state index in [0.717, 1.165) is 34.4 Å². The van der Waals surface area contributed by atoms with Crippen LogP contribution >= 0.6 is 23.5 Å². The highest BCUT2D eigenvalue weighted by Gasteiger charge is 2.32. The summed E-state index contributed by atoms with van der Waals surface area (Å²) >= 11 is 3.57. The van der Waals surface area contributed by atoms with E-state index in [1.165, 1.54) is 19.6 Å². The zero-order chi connectivity index (χ0) is 25.8. The molecule has 0 unspecified atom stereocenters. The van der Waals surface area contributed by atoms with Crippen molar-refractivity contribution in [3.8, 4) is 5.69 Å². The number of anilines is 6. The van der Waals surface area contributed by atoms with Crippen molar-refractivity contribution < 1.29 is 0 Å². The normalized spacial score (nSPS) is 13.3. The zero-order valence-corrected chi connectivity index (χ0v) is 22.3. The highest BCUT2D eigenvalue weighted by molar-refractivity contribution is 8.00. The highest BCUT2D eigenvalue weighted by Crippen LogP contribution is 2.53. The Balaban J connectivity index is 1.40. The SMILES string of the molecule is c1ccc(-n2nc(N3c4ccccc4Sc4ccccc43)nc2N2c3ccccc3Sc3ccccc32)cc1. The monoisotopic (exact) mass is 539 g/mol. The number of hydrogen-bond donors (Lipinski definition) is 0. The molecule has 7 heteroatoms. The summed E-state index contributed by atoms with van der Waals surface area (Å²) in [6.45, 7) is 0. The van der Waals surface area contributed by atoms with Crippen LogP contribution in [0.4, 0.5) is 34.6 Å². The first-order valence-electron chi connectivity index (χ1n) is 12.7. The molecule has 0 aliphatic carbocycles. The van der Waals surface area contributed by atoms with Gasteiger partial charge in [-0.25, -0.2) is 0 Å². The second-order valence-corrected chi connectivity index (χ2v) is 11.4. The maximum Gasteiger partial charge on any atom is 0.256 e. The quantitative estimate of drug-likeness (QED) is 0.223. The summed E-state index contributed by atoms with van der Waals surface area (Å²) < 4.78 is 1.96. The fourth-order valence-electron chi connectivity index (χ4n) is 5.12. The van der Waals surface area contributed by atoms with E-state index in [-0.39, 0.29) is 0 Å². The van der Waals surface area contributed by atoms with Crippen LogP contribution in [0.1, 0.15) is 0 Å². The van der Waals surface area contributed by atoms with E-state index >= 15 is 0 Å². The summed E-state index contributed by atoms with van der Waals surface area (Å²) in [5.41, 5.74) is 5.29. The zero-order valence-electron chi connectivity index (χ0n) is 20.7. The molecule has 6 aromatic rings. The molecule has 3 heterocycles. The number of nitrogens with zero attached hydrogens (tertiary/aromatic N) is 5. The van der Waals surface area contributed by atoms with Crippen molar-refractivity contribution in [2.75, 3.05) is 9.80 Å². The molecule has 0 fully saturated rings. The van der Waals surface area contributed by atoms with Crippen molar-refractivity contribution in [1.82, 2.24) is 14.8 Å². The van der Waals surface area contributed by atoms with Crippen LogP contribution in [-0.4, -0.2) is 14.8 Å². The van der Waals surface area contributed by atoms with Gasteiger partial charge >= 0.3 is 0 Å². The van der Waals surface area contributed by atoms with Crippen LogP contribution in [0.25, 0.3) is 5.69 Å². The first kappa shape index (κ1) is 22.5. The van der Waals surface area contributed by atoms with E-state index in [1.807, 2.05) is 22.9 Å². The Morgan fingerprint density at radius 2 is 0.846 bits per heavy atom. The van der Waals surface area contributed by atoms with Gasteiger partial charge in [-0.3, -0.25) is 9.80 Å². The van der Waals surface area contributed by atoms with Gasteiger partial charge < -0.3 is 0 Å². The van der Waals surface area contributed by atoms with E-state index in [1.54, 1.807) is 23.5 Å². The lowest BCUT2D eigenvalue weighted by molar-refractivity contribution is 0.861. The van der Waals surface area contributed by atoms with E-state index in [2.05, 4.69) is 119 Å². The van der Waals surface area contributed by atoms with Gasteiger partial charge in [0.2, 0.25) is 5.95 Å². The van der Waals surface area contributed by atoms with Crippen LogP contribution in [0.3, 0.4) is 0 Å². The lowest BCUT2D eigenvalue weighted by Gasteiger charge is -2.31. The van der Waals surface area contributed by atoms with Crippen LogP contribution in [0.5, 0.6) is 0 Å². The largest absolute Gasteiger partial charge is 0.277 e. The summed E-state index contributed by atoms with van der Waals surface area (Å²) in [6.07, 6.45) is 0. The summed E-state index contributed by atoms with van der Waals surface area (Å²) in [4.78, 5) is 14.5. The van der Waals surface area contributed by atoms with Crippen LogP contribution in [-0.2, 0) is 0 Å². The smallest absolute Gasteiger partial charge is 0.256 e. The maximum absolute atomic E-state index is 5.31. The summed E-state index contributed by atoms with van der Waals surface area (Å²) in [6, 6.07) is 44.2. The Morgan fingerprint density at radius 3 is 1.33 bits per heavy atom.